The fourth-order valence-corrected chi connectivity index (χ4v) is 8.58. The molecule has 0 amide bonds. The van der Waals surface area contributed by atoms with Gasteiger partial charge in [-0.25, -0.2) is 4.57 Å². The van der Waals surface area contributed by atoms with Gasteiger partial charge in [0.15, 0.2) is 6.10 Å². The standard InChI is InChI=1S/C53H104NO8P/c1-6-8-10-12-14-16-18-20-21-22-23-24-25-26-27-28-29-30-31-32-33-34-36-37-39-41-43-45-52(55)59-49-51(50-61-63(57,58)60-48-47-54(3,4)5)62-53(56)46-44-42-40-38-35-19-17-15-13-11-9-7-2/h15,17,51H,6-14,16,18-50H2,1-5H3/p+1/b17-15-. The summed E-state index contributed by atoms with van der Waals surface area (Å²) in [5.74, 6) is -0.795. The van der Waals surface area contributed by atoms with Gasteiger partial charge in [0.1, 0.15) is 19.8 Å². The van der Waals surface area contributed by atoms with Gasteiger partial charge in [-0.1, -0.05) is 225 Å². The quantitative estimate of drug-likeness (QED) is 0.0211. The van der Waals surface area contributed by atoms with Gasteiger partial charge < -0.3 is 18.9 Å². The topological polar surface area (TPSA) is 108 Å². The Bertz CT molecular complexity index is 1080. The van der Waals surface area contributed by atoms with Crippen LogP contribution in [-0.2, 0) is 32.7 Å². The Balaban J connectivity index is 4.03. The molecule has 0 aromatic heterocycles. The zero-order valence-electron chi connectivity index (χ0n) is 42.3. The van der Waals surface area contributed by atoms with Crippen LogP contribution in [0.2, 0.25) is 0 Å². The summed E-state index contributed by atoms with van der Waals surface area (Å²) in [5, 5.41) is 0. The van der Waals surface area contributed by atoms with Gasteiger partial charge >= 0.3 is 19.8 Å². The van der Waals surface area contributed by atoms with Crippen molar-refractivity contribution in [3.8, 4) is 0 Å². The number of quaternary nitrogens is 1. The van der Waals surface area contributed by atoms with E-state index in [-0.39, 0.29) is 25.6 Å². The van der Waals surface area contributed by atoms with Crippen molar-refractivity contribution in [1.29, 1.82) is 0 Å². The number of phosphoric acid groups is 1. The van der Waals surface area contributed by atoms with Crippen molar-refractivity contribution in [2.45, 2.75) is 270 Å². The van der Waals surface area contributed by atoms with Gasteiger partial charge in [-0.15, -0.1) is 0 Å². The minimum absolute atomic E-state index is 0.0333. The third kappa shape index (κ3) is 50.0. The van der Waals surface area contributed by atoms with Gasteiger partial charge in [0.2, 0.25) is 0 Å². The summed E-state index contributed by atoms with van der Waals surface area (Å²) in [6.07, 6.45) is 51.5. The maximum atomic E-state index is 12.7. The highest BCUT2D eigenvalue weighted by Crippen LogP contribution is 2.43. The SMILES string of the molecule is CCCCC/C=C\CCCCCCCC(=O)OC(COC(=O)CCCCCCCCCCCCCCCCCCCCCCCCCCCCC)COP(=O)(O)OCC[N+](C)(C)C. The second-order valence-corrected chi connectivity index (χ2v) is 21.1. The van der Waals surface area contributed by atoms with Crippen molar-refractivity contribution in [2.75, 3.05) is 47.5 Å². The zero-order chi connectivity index (χ0) is 46.4. The molecule has 63 heavy (non-hydrogen) atoms. The Hall–Kier alpha value is -1.25. The summed E-state index contributed by atoms with van der Waals surface area (Å²) >= 11 is 0. The smallest absolute Gasteiger partial charge is 0.462 e. The van der Waals surface area contributed by atoms with Crippen molar-refractivity contribution in [2.24, 2.45) is 0 Å². The van der Waals surface area contributed by atoms with E-state index in [2.05, 4.69) is 26.0 Å². The number of ether oxygens (including phenoxy) is 2. The largest absolute Gasteiger partial charge is 0.472 e. The van der Waals surface area contributed by atoms with Crippen LogP contribution in [-0.4, -0.2) is 74.9 Å². The Morgan fingerprint density at radius 3 is 1.21 bits per heavy atom. The highest BCUT2D eigenvalue weighted by atomic mass is 31.2. The zero-order valence-corrected chi connectivity index (χ0v) is 43.2. The molecule has 0 heterocycles. The molecule has 9 nitrogen and oxygen atoms in total. The Morgan fingerprint density at radius 2 is 0.810 bits per heavy atom. The first-order chi connectivity index (χ1) is 30.5. The maximum absolute atomic E-state index is 12.7. The summed E-state index contributed by atoms with van der Waals surface area (Å²) in [6, 6.07) is 0. The van der Waals surface area contributed by atoms with Crippen LogP contribution < -0.4 is 0 Å². The first-order valence-corrected chi connectivity index (χ1v) is 28.4. The number of hydrogen-bond acceptors (Lipinski definition) is 7. The molecule has 0 rings (SSSR count). The van der Waals surface area contributed by atoms with Crippen molar-refractivity contribution in [3.05, 3.63) is 12.2 Å². The van der Waals surface area contributed by atoms with E-state index in [4.69, 9.17) is 18.5 Å². The highest BCUT2D eigenvalue weighted by molar-refractivity contribution is 7.47. The lowest BCUT2D eigenvalue weighted by Crippen LogP contribution is -2.37. The summed E-state index contributed by atoms with van der Waals surface area (Å²) < 4.78 is 34.4. The second kappa shape index (κ2) is 45.9. The van der Waals surface area contributed by atoms with Gasteiger partial charge in [-0.3, -0.25) is 18.6 Å². The molecule has 0 aromatic carbocycles. The van der Waals surface area contributed by atoms with Crippen LogP contribution in [0.5, 0.6) is 0 Å². The summed E-state index contributed by atoms with van der Waals surface area (Å²) in [4.78, 5) is 35.5. The van der Waals surface area contributed by atoms with Crippen molar-refractivity contribution in [3.63, 3.8) is 0 Å². The molecule has 0 saturated carbocycles. The monoisotopic (exact) mass is 915 g/mol. The number of esters is 2. The molecule has 0 fully saturated rings. The van der Waals surface area contributed by atoms with Gasteiger partial charge in [0.25, 0.3) is 0 Å². The van der Waals surface area contributed by atoms with Crippen LogP contribution in [0, 0.1) is 0 Å². The minimum Gasteiger partial charge on any atom is -0.462 e. The van der Waals surface area contributed by atoms with Crippen molar-refractivity contribution < 1.29 is 42.1 Å². The lowest BCUT2D eigenvalue weighted by molar-refractivity contribution is -0.870. The number of phosphoric ester groups is 1. The Morgan fingerprint density at radius 1 is 0.476 bits per heavy atom. The predicted molar refractivity (Wildman–Crippen MR) is 266 cm³/mol. The van der Waals surface area contributed by atoms with E-state index < -0.39 is 26.5 Å². The fourth-order valence-electron chi connectivity index (χ4n) is 7.84. The highest BCUT2D eigenvalue weighted by Gasteiger charge is 2.27. The number of carbonyl (C=O) groups is 2. The third-order valence-electron chi connectivity index (χ3n) is 12.0. The van der Waals surface area contributed by atoms with E-state index in [1.807, 2.05) is 21.1 Å². The molecular formula is C53H105NO8P+. The number of likely N-dealkylation sites (N-methyl/N-ethyl adjacent to an activating group) is 1. The number of rotatable bonds is 50. The van der Waals surface area contributed by atoms with Crippen LogP contribution >= 0.6 is 7.82 Å². The molecule has 0 saturated heterocycles. The van der Waals surface area contributed by atoms with Crippen LogP contribution in [0.3, 0.4) is 0 Å². The van der Waals surface area contributed by atoms with Crippen molar-refractivity contribution >= 4 is 19.8 Å². The average Bonchev–Trinajstić information content (AvgIpc) is 3.24. The van der Waals surface area contributed by atoms with E-state index in [1.165, 1.54) is 180 Å². The van der Waals surface area contributed by atoms with Crippen LogP contribution in [0.1, 0.15) is 264 Å². The minimum atomic E-state index is -4.37. The van der Waals surface area contributed by atoms with E-state index in [1.54, 1.807) is 0 Å². The first kappa shape index (κ1) is 61.8. The van der Waals surface area contributed by atoms with Gasteiger partial charge in [-0.2, -0.15) is 0 Å². The van der Waals surface area contributed by atoms with Crippen LogP contribution in [0.4, 0.5) is 0 Å². The molecule has 10 heteroatoms. The fraction of sp³-hybridized carbons (Fsp3) is 0.925. The van der Waals surface area contributed by atoms with E-state index in [0.29, 0.717) is 23.9 Å². The van der Waals surface area contributed by atoms with E-state index in [0.717, 1.165) is 51.4 Å². The molecule has 0 aromatic rings. The second-order valence-electron chi connectivity index (χ2n) is 19.6. The Labute approximate surface area is 390 Å². The number of nitrogens with zero attached hydrogens (tertiary/aromatic N) is 1. The Kier molecular flexibility index (Phi) is 45.0. The predicted octanol–water partition coefficient (Wildman–Crippen LogP) is 16.1. The van der Waals surface area contributed by atoms with Crippen LogP contribution in [0.15, 0.2) is 12.2 Å². The summed E-state index contributed by atoms with van der Waals surface area (Å²) in [6.45, 7) is 4.43. The lowest BCUT2D eigenvalue weighted by atomic mass is 10.0. The van der Waals surface area contributed by atoms with Gasteiger partial charge in [-0.05, 0) is 38.5 Å². The molecule has 0 aliphatic rings. The van der Waals surface area contributed by atoms with Gasteiger partial charge in [0.05, 0.1) is 27.7 Å². The summed E-state index contributed by atoms with van der Waals surface area (Å²) in [7, 11) is 1.48. The number of allylic oxidation sites excluding steroid dienone is 2. The molecular weight excluding hydrogens is 810 g/mol. The van der Waals surface area contributed by atoms with Gasteiger partial charge in [0, 0.05) is 12.8 Å². The molecule has 1 N–H and O–H groups in total. The molecule has 0 bridgehead atoms. The molecule has 0 aliphatic heterocycles. The molecule has 374 valence electrons. The number of hydrogen-bond donors (Lipinski definition) is 1. The number of unbranched alkanes of at least 4 members (excludes halogenated alkanes) is 34. The molecule has 0 spiro atoms. The van der Waals surface area contributed by atoms with E-state index >= 15 is 0 Å². The van der Waals surface area contributed by atoms with E-state index in [9.17, 15) is 19.0 Å². The molecule has 0 aliphatic carbocycles. The molecule has 2 atom stereocenters. The van der Waals surface area contributed by atoms with Crippen LogP contribution in [0.25, 0.3) is 0 Å². The first-order valence-electron chi connectivity index (χ1n) is 26.9. The molecule has 0 radical (unpaired) electrons. The average molecular weight is 915 g/mol. The maximum Gasteiger partial charge on any atom is 0.472 e. The third-order valence-corrected chi connectivity index (χ3v) is 13.0. The number of carbonyl (C=O) groups excluding carboxylic acids is 2. The summed E-state index contributed by atoms with van der Waals surface area (Å²) in [5.41, 5.74) is 0. The normalized spacial score (nSPS) is 13.4. The molecule has 2 unspecified atom stereocenters. The van der Waals surface area contributed by atoms with Crippen molar-refractivity contribution in [1.82, 2.24) is 0 Å². The lowest BCUT2D eigenvalue weighted by Gasteiger charge is -2.24.